The van der Waals surface area contributed by atoms with E-state index in [1.165, 1.54) is 6.42 Å². The van der Waals surface area contributed by atoms with Crippen molar-refractivity contribution in [2.24, 2.45) is 0 Å². The number of rotatable bonds is 5. The fraction of sp³-hybridized carbons (Fsp3) is 0.741. The Morgan fingerprint density at radius 2 is 1.73 bits per heavy atom. The van der Waals surface area contributed by atoms with Gasteiger partial charge in [-0.15, -0.1) is 0 Å². The third-order valence-electron chi connectivity index (χ3n) is 8.51. The lowest BCUT2D eigenvalue weighted by Gasteiger charge is -2.36. The van der Waals surface area contributed by atoms with Crippen molar-refractivity contribution < 1.29 is 15.8 Å². The van der Waals surface area contributed by atoms with Crippen LogP contribution in [0.15, 0.2) is 0 Å². The van der Waals surface area contributed by atoms with Gasteiger partial charge in [0.2, 0.25) is 17.8 Å². The van der Waals surface area contributed by atoms with E-state index in [1.807, 2.05) is 28.5 Å². The molecular formula is C27H41N7O3. The van der Waals surface area contributed by atoms with Crippen LogP contribution >= 0.6 is 0 Å². The highest BCUT2D eigenvalue weighted by Gasteiger charge is 2.41. The number of anilines is 2. The third-order valence-corrected chi connectivity index (χ3v) is 8.51. The lowest BCUT2D eigenvalue weighted by molar-refractivity contribution is -0.133. The first kappa shape index (κ1) is 24.4. The van der Waals surface area contributed by atoms with Gasteiger partial charge < -0.3 is 24.5 Å². The first-order valence-electron chi connectivity index (χ1n) is 14.6. The summed E-state index contributed by atoms with van der Waals surface area (Å²) in [6.07, 6.45) is 6.92. The molecular weight excluding hydrogens is 470 g/mol. The zero-order valence-electron chi connectivity index (χ0n) is 23.5. The minimum absolute atomic E-state index is 0.0124. The summed E-state index contributed by atoms with van der Waals surface area (Å²) in [4.78, 5) is 58.4. The van der Waals surface area contributed by atoms with E-state index in [9.17, 15) is 14.4 Å². The number of hydrogen-bond acceptors (Lipinski definition) is 7. The number of carbonyl (C=O) groups excluding carboxylic acids is 3. The van der Waals surface area contributed by atoms with Crippen molar-refractivity contribution in [2.45, 2.75) is 90.4 Å². The maximum absolute atomic E-state index is 13.9. The van der Waals surface area contributed by atoms with Crippen molar-refractivity contribution in [1.29, 1.82) is 0 Å². The molecule has 202 valence electrons. The molecule has 10 nitrogen and oxygen atoms in total. The molecule has 1 aromatic heterocycles. The van der Waals surface area contributed by atoms with Gasteiger partial charge in [-0.05, 0) is 39.5 Å². The molecule has 3 fully saturated rings. The molecule has 0 bridgehead atoms. The van der Waals surface area contributed by atoms with E-state index >= 15 is 0 Å². The van der Waals surface area contributed by atoms with Crippen LogP contribution in [0, 0.1) is 0 Å². The summed E-state index contributed by atoms with van der Waals surface area (Å²) in [5.41, 5.74) is 1.22. The maximum Gasteiger partial charge on any atom is 0.273 e. The molecule has 0 N–H and O–H groups in total. The Kier molecular flexibility index (Phi) is 6.90. The fourth-order valence-corrected chi connectivity index (χ4v) is 6.22. The van der Waals surface area contributed by atoms with E-state index in [0.29, 0.717) is 56.7 Å². The van der Waals surface area contributed by atoms with Crippen LogP contribution in [0.25, 0.3) is 0 Å². The summed E-state index contributed by atoms with van der Waals surface area (Å²) >= 11 is 0. The van der Waals surface area contributed by atoms with E-state index in [2.05, 4.69) is 4.90 Å². The number of likely N-dealkylation sites (N-methyl/N-ethyl adjacent to an activating group) is 1. The molecule has 4 aliphatic rings. The molecule has 0 radical (unpaired) electrons. The number of carbonyl (C=O) groups is 3. The van der Waals surface area contributed by atoms with Crippen molar-refractivity contribution in [3.8, 4) is 0 Å². The highest BCUT2D eigenvalue weighted by atomic mass is 16.2. The molecule has 1 saturated carbocycles. The van der Waals surface area contributed by atoms with Crippen LogP contribution in [0.1, 0.15) is 83.1 Å². The molecule has 0 spiro atoms. The summed E-state index contributed by atoms with van der Waals surface area (Å²) in [5.74, 6) is 1.14. The highest BCUT2D eigenvalue weighted by molar-refractivity contribution is 5.99. The Labute approximate surface area is 221 Å². The molecule has 3 amide bonds. The van der Waals surface area contributed by atoms with Gasteiger partial charge >= 0.3 is 0 Å². The molecule has 2 saturated heterocycles. The second kappa shape index (κ2) is 10.5. The maximum atomic E-state index is 13.9. The highest BCUT2D eigenvalue weighted by Crippen LogP contribution is 2.36. The first-order chi connectivity index (χ1) is 18.3. The van der Waals surface area contributed by atoms with Gasteiger partial charge in [-0.2, -0.15) is 4.98 Å². The average Bonchev–Trinajstić information content (AvgIpc) is 3.54. The standard InChI is InChI=1S/C27H41N7O3/c1-18(2)34-17-21-23(26(34)37)28-27(32-15-13-31(14-16-32)19(3)35)29-24(21)33-12-8-11-22(33)25(36)30(4)20-9-6-5-7-10-20/h18,20,22H,5-17H2,1-4H3/t22-/m0/s1/i4D. The number of nitrogens with zero attached hydrogens (tertiary/aromatic N) is 7. The van der Waals surface area contributed by atoms with Gasteiger partial charge in [-0.1, -0.05) is 19.3 Å². The molecule has 4 heterocycles. The van der Waals surface area contributed by atoms with Gasteiger partial charge in [0.05, 0.1) is 6.54 Å². The van der Waals surface area contributed by atoms with Gasteiger partial charge in [0.15, 0.2) is 0 Å². The first-order valence-corrected chi connectivity index (χ1v) is 13.9. The Morgan fingerprint density at radius 1 is 1.00 bits per heavy atom. The molecule has 10 heteroatoms. The van der Waals surface area contributed by atoms with Crippen LogP contribution < -0.4 is 9.80 Å². The third kappa shape index (κ3) is 4.86. The van der Waals surface area contributed by atoms with E-state index in [1.54, 1.807) is 11.8 Å². The smallest absolute Gasteiger partial charge is 0.273 e. The zero-order chi connectivity index (χ0) is 27.0. The second-order valence-electron chi connectivity index (χ2n) is 11.1. The zero-order valence-corrected chi connectivity index (χ0v) is 22.5. The molecule has 1 atom stereocenters. The van der Waals surface area contributed by atoms with Crippen LogP contribution in [0.2, 0.25) is 0 Å². The molecule has 0 aromatic carbocycles. The summed E-state index contributed by atoms with van der Waals surface area (Å²) in [7, 11) is -0.0268. The molecule has 5 rings (SSSR count). The topological polar surface area (TPSA) is 93.2 Å². The second-order valence-corrected chi connectivity index (χ2v) is 11.1. The van der Waals surface area contributed by atoms with E-state index in [0.717, 1.165) is 44.1 Å². The number of aromatic nitrogens is 2. The van der Waals surface area contributed by atoms with Crippen molar-refractivity contribution in [3.63, 3.8) is 0 Å². The Bertz CT molecular complexity index is 1070. The Morgan fingerprint density at radius 3 is 2.38 bits per heavy atom. The van der Waals surface area contributed by atoms with Gasteiger partial charge in [0, 0.05) is 65.7 Å². The summed E-state index contributed by atoms with van der Waals surface area (Å²) in [5, 5.41) is 0. The predicted molar refractivity (Wildman–Crippen MR) is 142 cm³/mol. The van der Waals surface area contributed by atoms with Crippen LogP contribution in [-0.4, -0.2) is 100 Å². The van der Waals surface area contributed by atoms with Gasteiger partial charge in [0.25, 0.3) is 5.91 Å². The van der Waals surface area contributed by atoms with Gasteiger partial charge in [-0.3, -0.25) is 14.4 Å². The van der Waals surface area contributed by atoms with Gasteiger partial charge in [0.1, 0.15) is 17.6 Å². The van der Waals surface area contributed by atoms with Crippen LogP contribution in [0.5, 0.6) is 0 Å². The Balaban J connectivity index is 1.48. The molecule has 37 heavy (non-hydrogen) atoms. The lowest BCUT2D eigenvalue weighted by atomic mass is 9.94. The Hall–Kier alpha value is -2.91. The minimum atomic E-state index is -0.383. The quantitative estimate of drug-likeness (QED) is 0.598. The lowest BCUT2D eigenvalue weighted by Crippen LogP contribution is -2.50. The predicted octanol–water partition coefficient (Wildman–Crippen LogP) is 2.27. The summed E-state index contributed by atoms with van der Waals surface area (Å²) in [6.45, 7) is 9.05. The number of piperazine rings is 1. The monoisotopic (exact) mass is 512 g/mol. The average molecular weight is 513 g/mol. The number of amides is 3. The molecule has 1 aliphatic carbocycles. The van der Waals surface area contributed by atoms with Crippen LogP contribution in [-0.2, 0) is 16.1 Å². The van der Waals surface area contributed by atoms with Crippen molar-refractivity contribution in [2.75, 3.05) is 49.5 Å². The molecule has 3 aliphatic heterocycles. The summed E-state index contributed by atoms with van der Waals surface area (Å²) in [6, 6.07) is -0.224. The SMILES string of the molecule is [2H]CN(C(=O)[C@@H]1CCCN1c1nc(N2CCN(C(C)=O)CC2)nc2c1CN(C(C)C)C2=O)C1CCCCC1. The fourth-order valence-electron chi connectivity index (χ4n) is 6.22. The van der Waals surface area contributed by atoms with Crippen molar-refractivity contribution in [3.05, 3.63) is 11.3 Å². The van der Waals surface area contributed by atoms with E-state index < -0.39 is 0 Å². The van der Waals surface area contributed by atoms with Crippen LogP contribution in [0.4, 0.5) is 11.8 Å². The van der Waals surface area contributed by atoms with E-state index in [4.69, 9.17) is 11.3 Å². The van der Waals surface area contributed by atoms with Crippen molar-refractivity contribution in [1.82, 2.24) is 24.7 Å². The van der Waals surface area contributed by atoms with Crippen molar-refractivity contribution >= 4 is 29.5 Å². The number of fused-ring (bicyclic) bond motifs is 1. The van der Waals surface area contributed by atoms with Crippen LogP contribution in [0.3, 0.4) is 0 Å². The molecule has 0 unspecified atom stereocenters. The van der Waals surface area contributed by atoms with E-state index in [-0.39, 0.29) is 42.9 Å². The number of hydrogen-bond donors (Lipinski definition) is 0. The normalized spacial score (nSPS) is 23.1. The largest absolute Gasteiger partial charge is 0.344 e. The van der Waals surface area contributed by atoms with Gasteiger partial charge in [-0.25, -0.2) is 4.98 Å². The summed E-state index contributed by atoms with van der Waals surface area (Å²) < 4.78 is 8.17. The molecule has 1 aromatic rings. The minimum Gasteiger partial charge on any atom is -0.344 e.